The van der Waals surface area contributed by atoms with E-state index < -0.39 is 33.4 Å². The van der Waals surface area contributed by atoms with Crippen LogP contribution in [-0.2, 0) is 19.5 Å². The number of carbonyl (C=O) groups is 2. The van der Waals surface area contributed by atoms with E-state index in [0.717, 1.165) is 33.7 Å². The van der Waals surface area contributed by atoms with Gasteiger partial charge in [-0.2, -0.15) is 4.31 Å². The molecule has 1 aromatic carbocycles. The summed E-state index contributed by atoms with van der Waals surface area (Å²) >= 11 is 2.24. The highest BCUT2D eigenvalue weighted by molar-refractivity contribution is 14.1. The summed E-state index contributed by atoms with van der Waals surface area (Å²) in [5.74, 6) is 0.428. The molecule has 1 saturated carbocycles. The van der Waals surface area contributed by atoms with Gasteiger partial charge in [0.05, 0.1) is 13.4 Å². The maximum Gasteiger partial charge on any atom is 0.429 e. The fourth-order valence-corrected chi connectivity index (χ4v) is 6.15. The fraction of sp³-hybridized carbons (Fsp3) is 0.464. The van der Waals surface area contributed by atoms with E-state index in [1.54, 1.807) is 49.7 Å². The summed E-state index contributed by atoms with van der Waals surface area (Å²) in [6.45, 7) is 10.4. The molecule has 0 spiro atoms. The number of benzene rings is 1. The van der Waals surface area contributed by atoms with Gasteiger partial charge in [0.1, 0.15) is 22.6 Å². The third-order valence-electron chi connectivity index (χ3n) is 5.94. The van der Waals surface area contributed by atoms with E-state index >= 15 is 0 Å². The summed E-state index contributed by atoms with van der Waals surface area (Å²) in [5, 5.41) is 0.773. The van der Waals surface area contributed by atoms with Gasteiger partial charge in [-0.3, -0.25) is 0 Å². The molecule has 3 aromatic rings. The minimum absolute atomic E-state index is 0.0107. The second-order valence-electron chi connectivity index (χ2n) is 11.8. The molecule has 1 aliphatic rings. The van der Waals surface area contributed by atoms with Gasteiger partial charge in [0.2, 0.25) is 10.0 Å². The van der Waals surface area contributed by atoms with Crippen molar-refractivity contribution in [2.75, 3.05) is 17.7 Å². The molecule has 0 radical (unpaired) electrons. The lowest BCUT2D eigenvalue weighted by molar-refractivity contribution is 0.0537. The zero-order valence-corrected chi connectivity index (χ0v) is 26.8. The van der Waals surface area contributed by atoms with Crippen LogP contribution in [0.15, 0.2) is 30.5 Å². The Morgan fingerprint density at radius 3 is 2.17 bits per heavy atom. The van der Waals surface area contributed by atoms with Crippen molar-refractivity contribution < 1.29 is 32.2 Å². The van der Waals surface area contributed by atoms with Crippen LogP contribution in [0.2, 0.25) is 0 Å². The SMILES string of the molecule is COc1ccc(-c2cnc3c(c2)c(I)c(C2CC2)n3C(=O)OC(C)(C)C)cc1N(C(=O)OC(C)(C)C)S(C)(=O)=O. The normalized spacial score (nSPS) is 14.2. The quantitative estimate of drug-likeness (QED) is 0.274. The second kappa shape index (κ2) is 10.5. The Kier molecular flexibility index (Phi) is 7.91. The number of halogens is 1. The van der Waals surface area contributed by atoms with Crippen LogP contribution in [0.25, 0.3) is 22.2 Å². The summed E-state index contributed by atoms with van der Waals surface area (Å²) in [6.07, 6.45) is 2.98. The third kappa shape index (κ3) is 6.37. The number of amides is 1. The van der Waals surface area contributed by atoms with E-state index in [-0.39, 0.29) is 17.4 Å². The van der Waals surface area contributed by atoms with Gasteiger partial charge in [0.15, 0.2) is 5.65 Å². The Morgan fingerprint density at radius 2 is 1.65 bits per heavy atom. The largest absolute Gasteiger partial charge is 0.495 e. The first-order chi connectivity index (χ1) is 18.4. The van der Waals surface area contributed by atoms with Crippen molar-refractivity contribution in [1.82, 2.24) is 9.55 Å². The number of aromatic nitrogens is 2. The van der Waals surface area contributed by atoms with Gasteiger partial charge in [-0.05, 0) is 101 Å². The zero-order chi connectivity index (χ0) is 29.8. The number of carbonyl (C=O) groups excluding carboxylic acids is 2. The van der Waals surface area contributed by atoms with Crippen molar-refractivity contribution in [2.24, 2.45) is 0 Å². The van der Waals surface area contributed by atoms with Crippen LogP contribution in [-0.4, -0.2) is 54.7 Å². The molecule has 216 valence electrons. The molecule has 0 unspecified atom stereocenters. The van der Waals surface area contributed by atoms with Crippen molar-refractivity contribution in [2.45, 2.75) is 71.5 Å². The zero-order valence-electron chi connectivity index (χ0n) is 23.9. The highest BCUT2D eigenvalue weighted by Crippen LogP contribution is 2.46. The molecule has 2 aromatic heterocycles. The number of nitrogens with zero attached hydrogens (tertiary/aromatic N) is 3. The van der Waals surface area contributed by atoms with Gasteiger partial charge >= 0.3 is 12.2 Å². The fourth-order valence-electron chi connectivity index (χ4n) is 4.26. The molecule has 1 aliphatic carbocycles. The number of anilines is 1. The van der Waals surface area contributed by atoms with E-state index in [2.05, 4.69) is 27.6 Å². The molecule has 12 heteroatoms. The van der Waals surface area contributed by atoms with Crippen LogP contribution in [0.3, 0.4) is 0 Å². The molecule has 10 nitrogen and oxygen atoms in total. The molecule has 1 fully saturated rings. The Hall–Kier alpha value is -2.87. The Balaban J connectivity index is 1.86. The van der Waals surface area contributed by atoms with Gasteiger partial charge in [-0.15, -0.1) is 0 Å². The topological polar surface area (TPSA) is 117 Å². The molecule has 0 aliphatic heterocycles. The van der Waals surface area contributed by atoms with E-state index in [4.69, 9.17) is 14.2 Å². The minimum atomic E-state index is -4.08. The smallest absolute Gasteiger partial charge is 0.429 e. The molecule has 4 rings (SSSR count). The summed E-state index contributed by atoms with van der Waals surface area (Å²) in [4.78, 5) is 30.9. The predicted octanol–water partition coefficient (Wildman–Crippen LogP) is 6.68. The first-order valence-corrected chi connectivity index (χ1v) is 15.7. The van der Waals surface area contributed by atoms with Gasteiger partial charge < -0.3 is 14.2 Å². The van der Waals surface area contributed by atoms with Crippen LogP contribution in [0.4, 0.5) is 15.3 Å². The number of hydrogen-bond acceptors (Lipinski definition) is 8. The van der Waals surface area contributed by atoms with E-state index in [1.807, 2.05) is 26.8 Å². The number of ether oxygens (including phenoxy) is 3. The predicted molar refractivity (Wildman–Crippen MR) is 162 cm³/mol. The monoisotopic (exact) mass is 683 g/mol. The molecule has 0 bridgehead atoms. The molecular weight excluding hydrogens is 649 g/mol. The van der Waals surface area contributed by atoms with Crippen LogP contribution in [0.1, 0.15) is 66.0 Å². The van der Waals surface area contributed by atoms with E-state index in [1.165, 1.54) is 7.11 Å². The molecule has 0 N–H and O–H groups in total. The number of sulfonamides is 1. The number of hydrogen-bond donors (Lipinski definition) is 0. The lowest BCUT2D eigenvalue weighted by Crippen LogP contribution is -2.40. The first kappa shape index (κ1) is 30.1. The second-order valence-corrected chi connectivity index (χ2v) is 14.7. The van der Waals surface area contributed by atoms with E-state index in [9.17, 15) is 18.0 Å². The van der Waals surface area contributed by atoms with Crippen LogP contribution >= 0.6 is 22.6 Å². The van der Waals surface area contributed by atoms with Gasteiger partial charge in [0.25, 0.3) is 0 Å². The maximum atomic E-state index is 13.2. The van der Waals surface area contributed by atoms with Crippen molar-refractivity contribution >= 4 is 61.5 Å². The van der Waals surface area contributed by atoms with Crippen LogP contribution < -0.4 is 9.04 Å². The molecule has 1 amide bonds. The third-order valence-corrected chi connectivity index (χ3v) is 8.09. The Bertz CT molecular complexity index is 1600. The molecule has 2 heterocycles. The lowest BCUT2D eigenvalue weighted by atomic mass is 10.1. The number of fused-ring (bicyclic) bond motifs is 1. The highest BCUT2D eigenvalue weighted by atomic mass is 127. The average molecular weight is 684 g/mol. The van der Waals surface area contributed by atoms with Gasteiger partial charge in [-0.25, -0.2) is 27.6 Å². The summed E-state index contributed by atoms with van der Waals surface area (Å²) in [6, 6.07) is 6.79. The molecule has 0 saturated heterocycles. The highest BCUT2D eigenvalue weighted by Gasteiger charge is 2.36. The van der Waals surface area contributed by atoms with Crippen molar-refractivity contribution in [3.63, 3.8) is 0 Å². The van der Waals surface area contributed by atoms with E-state index in [0.29, 0.717) is 21.1 Å². The van der Waals surface area contributed by atoms with Crippen LogP contribution in [0, 0.1) is 3.57 Å². The van der Waals surface area contributed by atoms with Crippen LogP contribution in [0.5, 0.6) is 5.75 Å². The van der Waals surface area contributed by atoms with Gasteiger partial charge in [0, 0.05) is 32.3 Å². The Labute approximate surface area is 248 Å². The Morgan fingerprint density at radius 1 is 1.02 bits per heavy atom. The number of pyridine rings is 1. The first-order valence-electron chi connectivity index (χ1n) is 12.8. The molecule has 40 heavy (non-hydrogen) atoms. The standard InChI is InChI=1S/C28H34IN3O7S/c1-27(2,3)38-25(33)31-23(16-9-10-16)22(29)19-13-18(15-30-24(19)31)17-11-12-21(37-7)20(14-17)32(40(8,35)36)26(34)39-28(4,5)6/h11-16H,9-10H2,1-8H3. The lowest BCUT2D eigenvalue weighted by Gasteiger charge is -2.27. The maximum absolute atomic E-state index is 13.2. The summed E-state index contributed by atoms with van der Waals surface area (Å²) < 4.78 is 45.1. The average Bonchev–Trinajstić information content (AvgIpc) is 3.59. The van der Waals surface area contributed by atoms with Gasteiger partial charge in [-0.1, -0.05) is 6.07 Å². The summed E-state index contributed by atoms with van der Waals surface area (Å²) in [7, 11) is -2.69. The van der Waals surface area contributed by atoms with Crippen molar-refractivity contribution in [3.05, 3.63) is 39.7 Å². The number of methoxy groups -OCH3 is 1. The van der Waals surface area contributed by atoms with Crippen molar-refractivity contribution in [1.29, 1.82) is 0 Å². The molecule has 0 atom stereocenters. The number of rotatable bonds is 5. The van der Waals surface area contributed by atoms with Crippen molar-refractivity contribution in [3.8, 4) is 16.9 Å². The molecular formula is C28H34IN3O7S. The minimum Gasteiger partial charge on any atom is -0.495 e. The summed E-state index contributed by atoms with van der Waals surface area (Å²) in [5.41, 5.74) is 1.06.